The van der Waals surface area contributed by atoms with Crippen LogP contribution in [0.2, 0.25) is 0 Å². The number of aryl methyl sites for hydroxylation is 1. The Bertz CT molecular complexity index is 499. The second-order valence-electron chi connectivity index (χ2n) is 3.96. The first kappa shape index (κ1) is 16.3. The molecule has 1 aromatic heterocycles. The predicted molar refractivity (Wildman–Crippen MR) is 59.3 cm³/mol. The molecule has 0 aliphatic carbocycles. The summed E-state index contributed by atoms with van der Waals surface area (Å²) in [7, 11) is 0. The van der Waals surface area contributed by atoms with E-state index in [1.807, 2.05) is 0 Å². The minimum atomic E-state index is -4.92. The van der Waals surface area contributed by atoms with E-state index in [0.717, 1.165) is 6.20 Å². The van der Waals surface area contributed by atoms with Crippen LogP contribution in [0.3, 0.4) is 0 Å². The molecular formula is C12H12F5NO2. The van der Waals surface area contributed by atoms with Gasteiger partial charge in [0.1, 0.15) is 5.69 Å². The molecule has 0 unspecified atom stereocenters. The van der Waals surface area contributed by atoms with Gasteiger partial charge in [0.05, 0.1) is 13.0 Å². The molecule has 20 heavy (non-hydrogen) atoms. The van der Waals surface area contributed by atoms with Crippen molar-refractivity contribution in [2.24, 2.45) is 0 Å². The van der Waals surface area contributed by atoms with Crippen molar-refractivity contribution in [1.82, 2.24) is 4.98 Å². The van der Waals surface area contributed by atoms with Gasteiger partial charge in [-0.2, -0.15) is 13.2 Å². The molecule has 1 rings (SSSR count). The molecule has 0 saturated heterocycles. The number of aromatic nitrogens is 1. The molecule has 0 spiro atoms. The van der Waals surface area contributed by atoms with Crippen LogP contribution in [0.1, 0.15) is 35.7 Å². The van der Waals surface area contributed by atoms with Gasteiger partial charge in [-0.15, -0.1) is 0 Å². The molecule has 3 nitrogen and oxygen atoms in total. The molecule has 0 aromatic carbocycles. The van der Waals surface area contributed by atoms with E-state index in [1.54, 1.807) is 0 Å². The van der Waals surface area contributed by atoms with Gasteiger partial charge < -0.3 is 4.74 Å². The van der Waals surface area contributed by atoms with Crippen molar-refractivity contribution < 1.29 is 31.5 Å². The highest BCUT2D eigenvalue weighted by atomic mass is 19.4. The average molecular weight is 297 g/mol. The molecule has 0 amide bonds. The van der Waals surface area contributed by atoms with E-state index in [9.17, 15) is 26.7 Å². The van der Waals surface area contributed by atoms with Crippen LogP contribution in [0.25, 0.3) is 0 Å². The normalized spacial score (nSPS) is 11.8. The van der Waals surface area contributed by atoms with Crippen LogP contribution in [-0.2, 0) is 22.1 Å². The molecule has 1 heterocycles. The van der Waals surface area contributed by atoms with Gasteiger partial charge in [0.2, 0.25) is 0 Å². The van der Waals surface area contributed by atoms with E-state index >= 15 is 0 Å². The summed E-state index contributed by atoms with van der Waals surface area (Å²) in [5.41, 5.74) is -3.23. The standard InChI is InChI=1S/C12H12F5NO2/c1-3-20-8(19)4-7-9(11(13)14)6(2)5-18-10(7)12(15,16)17/h5,11H,3-4H2,1-2H3. The predicted octanol–water partition coefficient (Wildman–Crippen LogP) is 3.45. The molecule has 0 radical (unpaired) electrons. The highest BCUT2D eigenvalue weighted by Crippen LogP contribution is 2.36. The van der Waals surface area contributed by atoms with Gasteiger partial charge in [0.15, 0.2) is 0 Å². The van der Waals surface area contributed by atoms with E-state index < -0.39 is 41.8 Å². The molecule has 0 bridgehead atoms. The summed E-state index contributed by atoms with van der Waals surface area (Å²) in [5, 5.41) is 0. The summed E-state index contributed by atoms with van der Waals surface area (Å²) in [6.45, 7) is 2.62. The number of carbonyl (C=O) groups is 1. The minimum Gasteiger partial charge on any atom is -0.466 e. The summed E-state index contributed by atoms with van der Waals surface area (Å²) in [5.74, 6) is -1.01. The van der Waals surface area contributed by atoms with E-state index in [4.69, 9.17) is 0 Å². The van der Waals surface area contributed by atoms with Crippen LogP contribution in [-0.4, -0.2) is 17.6 Å². The Hall–Kier alpha value is -1.73. The van der Waals surface area contributed by atoms with Gasteiger partial charge in [0.25, 0.3) is 6.43 Å². The Morgan fingerprint density at radius 2 is 2.00 bits per heavy atom. The molecular weight excluding hydrogens is 285 g/mol. The van der Waals surface area contributed by atoms with Crippen molar-refractivity contribution in [3.63, 3.8) is 0 Å². The lowest BCUT2D eigenvalue weighted by atomic mass is 9.99. The Balaban J connectivity index is 3.40. The molecule has 0 aliphatic heterocycles. The van der Waals surface area contributed by atoms with Gasteiger partial charge in [-0.1, -0.05) is 0 Å². The summed E-state index contributed by atoms with van der Waals surface area (Å²) in [6.07, 6.45) is -8.22. The highest BCUT2D eigenvalue weighted by molar-refractivity contribution is 5.73. The maximum Gasteiger partial charge on any atom is 0.433 e. The first-order valence-corrected chi connectivity index (χ1v) is 5.67. The van der Waals surface area contributed by atoms with Crippen molar-refractivity contribution in [2.45, 2.75) is 32.9 Å². The largest absolute Gasteiger partial charge is 0.466 e. The van der Waals surface area contributed by atoms with Crippen LogP contribution >= 0.6 is 0 Å². The van der Waals surface area contributed by atoms with Crippen LogP contribution in [0.15, 0.2) is 6.20 Å². The first-order valence-electron chi connectivity index (χ1n) is 5.67. The molecule has 8 heteroatoms. The third kappa shape index (κ3) is 3.64. The molecule has 1 aromatic rings. The van der Waals surface area contributed by atoms with Crippen LogP contribution in [0, 0.1) is 6.92 Å². The van der Waals surface area contributed by atoms with Crippen molar-refractivity contribution >= 4 is 5.97 Å². The van der Waals surface area contributed by atoms with E-state index in [1.165, 1.54) is 13.8 Å². The fraction of sp³-hybridized carbons (Fsp3) is 0.500. The van der Waals surface area contributed by atoms with Gasteiger partial charge in [-0.05, 0) is 19.4 Å². The maximum absolute atomic E-state index is 12.9. The van der Waals surface area contributed by atoms with E-state index in [-0.39, 0.29) is 12.2 Å². The fourth-order valence-corrected chi connectivity index (χ4v) is 1.76. The van der Waals surface area contributed by atoms with E-state index in [2.05, 4.69) is 9.72 Å². The molecule has 0 saturated carbocycles. The number of ether oxygens (including phenoxy) is 1. The summed E-state index contributed by atoms with van der Waals surface area (Å²) < 4.78 is 68.8. The number of hydrogen-bond donors (Lipinski definition) is 0. The first-order chi connectivity index (χ1) is 9.18. The zero-order chi connectivity index (χ0) is 15.5. The van der Waals surface area contributed by atoms with Crippen molar-refractivity contribution in [1.29, 1.82) is 0 Å². The summed E-state index contributed by atoms with van der Waals surface area (Å²) in [4.78, 5) is 14.5. The van der Waals surface area contributed by atoms with Crippen molar-refractivity contribution in [3.8, 4) is 0 Å². The van der Waals surface area contributed by atoms with Gasteiger partial charge in [-0.25, -0.2) is 8.78 Å². The number of halogens is 5. The Morgan fingerprint density at radius 3 is 2.45 bits per heavy atom. The summed E-state index contributed by atoms with van der Waals surface area (Å²) >= 11 is 0. The lowest BCUT2D eigenvalue weighted by molar-refractivity contribution is -0.144. The molecule has 0 fully saturated rings. The van der Waals surface area contributed by atoms with Crippen LogP contribution < -0.4 is 0 Å². The monoisotopic (exact) mass is 297 g/mol. The van der Waals surface area contributed by atoms with Crippen molar-refractivity contribution in [2.75, 3.05) is 6.61 Å². The number of pyridine rings is 1. The number of nitrogens with zero attached hydrogens (tertiary/aromatic N) is 1. The number of rotatable bonds is 4. The maximum atomic E-state index is 12.9. The number of carbonyl (C=O) groups excluding carboxylic acids is 1. The lowest BCUT2D eigenvalue weighted by Gasteiger charge is -2.17. The zero-order valence-corrected chi connectivity index (χ0v) is 10.7. The lowest BCUT2D eigenvalue weighted by Crippen LogP contribution is -2.19. The molecule has 112 valence electrons. The van der Waals surface area contributed by atoms with Crippen LogP contribution in [0.4, 0.5) is 22.0 Å². The second kappa shape index (κ2) is 6.15. The Labute approximate surface area is 111 Å². The highest BCUT2D eigenvalue weighted by Gasteiger charge is 2.38. The molecule has 0 atom stereocenters. The molecule has 0 aliphatic rings. The van der Waals surface area contributed by atoms with Gasteiger partial charge in [0, 0.05) is 17.3 Å². The van der Waals surface area contributed by atoms with E-state index in [0.29, 0.717) is 0 Å². The zero-order valence-electron chi connectivity index (χ0n) is 10.7. The molecule has 0 N–H and O–H groups in total. The third-order valence-electron chi connectivity index (χ3n) is 2.54. The van der Waals surface area contributed by atoms with Gasteiger partial charge in [-0.3, -0.25) is 9.78 Å². The number of esters is 1. The topological polar surface area (TPSA) is 39.2 Å². The quantitative estimate of drug-likeness (QED) is 0.631. The Kier molecular flexibility index (Phi) is 5.02. The fourth-order valence-electron chi connectivity index (χ4n) is 1.76. The number of hydrogen-bond acceptors (Lipinski definition) is 3. The smallest absolute Gasteiger partial charge is 0.433 e. The minimum absolute atomic E-state index is 0.0521. The second-order valence-corrected chi connectivity index (χ2v) is 3.96. The van der Waals surface area contributed by atoms with Crippen LogP contribution in [0.5, 0.6) is 0 Å². The SMILES string of the molecule is CCOC(=O)Cc1c(C(F)(F)F)ncc(C)c1C(F)F. The van der Waals surface area contributed by atoms with Gasteiger partial charge >= 0.3 is 12.1 Å². The summed E-state index contributed by atoms with van der Waals surface area (Å²) in [6, 6.07) is 0. The Morgan fingerprint density at radius 1 is 1.40 bits per heavy atom. The average Bonchev–Trinajstić information content (AvgIpc) is 2.26. The third-order valence-corrected chi connectivity index (χ3v) is 2.54. The number of alkyl halides is 5. The van der Waals surface area contributed by atoms with Crippen molar-refractivity contribution in [3.05, 3.63) is 28.6 Å².